The van der Waals surface area contributed by atoms with Crippen molar-refractivity contribution in [2.24, 2.45) is 16.0 Å². The van der Waals surface area contributed by atoms with Crippen molar-refractivity contribution in [2.75, 3.05) is 24.4 Å². The molecule has 0 bridgehead atoms. The van der Waals surface area contributed by atoms with E-state index in [1.165, 1.54) is 0 Å². The quantitative estimate of drug-likeness (QED) is 0.803. The third-order valence-electron chi connectivity index (χ3n) is 4.10. The van der Waals surface area contributed by atoms with Crippen molar-refractivity contribution in [1.29, 1.82) is 0 Å². The Bertz CT molecular complexity index is 637. The Labute approximate surface area is 138 Å². The Hall–Kier alpha value is -1.93. The molecule has 0 spiro atoms. The second kappa shape index (κ2) is 6.67. The Kier molecular flexibility index (Phi) is 4.63. The molecule has 8 heteroatoms. The van der Waals surface area contributed by atoms with E-state index in [0.717, 1.165) is 25.9 Å². The minimum absolute atomic E-state index is 0.106. The van der Waals surface area contributed by atoms with Gasteiger partial charge in [-0.3, -0.25) is 4.79 Å². The van der Waals surface area contributed by atoms with Gasteiger partial charge in [0.15, 0.2) is 5.84 Å². The second-order valence-corrected chi connectivity index (χ2v) is 6.68. The SMILES string of the molecule is CC(=O)N1CCCC(COc2cccc3c2C(N)=N[S+]([O-])N3)C1. The number of ether oxygens (including phenoxy) is 1. The lowest BCUT2D eigenvalue weighted by atomic mass is 9.99. The molecule has 1 saturated heterocycles. The number of likely N-dealkylation sites (tertiary alicyclic amines) is 1. The van der Waals surface area contributed by atoms with E-state index in [4.69, 9.17) is 10.5 Å². The zero-order valence-corrected chi connectivity index (χ0v) is 13.8. The highest BCUT2D eigenvalue weighted by Gasteiger charge is 2.26. The lowest BCUT2D eigenvalue weighted by Gasteiger charge is -2.32. The van der Waals surface area contributed by atoms with Gasteiger partial charge >= 0.3 is 0 Å². The molecule has 0 aromatic heterocycles. The number of nitrogens with two attached hydrogens (primary N) is 1. The van der Waals surface area contributed by atoms with E-state index in [1.807, 2.05) is 17.0 Å². The highest BCUT2D eigenvalue weighted by molar-refractivity contribution is 7.91. The van der Waals surface area contributed by atoms with Crippen molar-refractivity contribution in [3.8, 4) is 5.75 Å². The molecule has 1 aromatic rings. The van der Waals surface area contributed by atoms with Crippen LogP contribution in [0, 0.1) is 5.92 Å². The average Bonchev–Trinajstić information content (AvgIpc) is 2.52. The van der Waals surface area contributed by atoms with Crippen molar-refractivity contribution in [3.05, 3.63) is 23.8 Å². The van der Waals surface area contributed by atoms with Crippen molar-refractivity contribution in [1.82, 2.24) is 4.90 Å². The molecule has 7 nitrogen and oxygen atoms in total. The molecule has 2 aliphatic rings. The summed E-state index contributed by atoms with van der Waals surface area (Å²) in [4.78, 5) is 13.4. The number of amidine groups is 1. The summed E-state index contributed by atoms with van der Waals surface area (Å²) in [5.41, 5.74) is 7.19. The van der Waals surface area contributed by atoms with Gasteiger partial charge in [0.25, 0.3) is 0 Å². The summed E-state index contributed by atoms with van der Waals surface area (Å²) in [6.45, 7) is 3.65. The molecule has 3 N–H and O–H groups in total. The minimum atomic E-state index is -1.54. The first-order valence-electron chi connectivity index (χ1n) is 7.59. The number of fused-ring (bicyclic) bond motifs is 1. The zero-order chi connectivity index (χ0) is 16.4. The summed E-state index contributed by atoms with van der Waals surface area (Å²) in [7, 11) is 0. The normalized spacial score (nSPS) is 23.6. The van der Waals surface area contributed by atoms with Crippen LogP contribution in [0.4, 0.5) is 5.69 Å². The Morgan fingerprint density at radius 2 is 2.43 bits per heavy atom. The topological polar surface area (TPSA) is 103 Å². The van der Waals surface area contributed by atoms with E-state index in [-0.39, 0.29) is 11.7 Å². The van der Waals surface area contributed by atoms with Gasteiger partial charge in [-0.25, -0.2) is 0 Å². The fourth-order valence-corrected chi connectivity index (χ4v) is 3.62. The van der Waals surface area contributed by atoms with E-state index in [9.17, 15) is 9.35 Å². The number of carbonyl (C=O) groups is 1. The van der Waals surface area contributed by atoms with Gasteiger partial charge in [-0.05, 0) is 29.4 Å². The zero-order valence-electron chi connectivity index (χ0n) is 12.9. The number of amides is 1. The van der Waals surface area contributed by atoms with Gasteiger partial charge in [0.1, 0.15) is 5.75 Å². The van der Waals surface area contributed by atoms with Crippen LogP contribution >= 0.6 is 0 Å². The molecule has 1 fully saturated rings. The van der Waals surface area contributed by atoms with E-state index < -0.39 is 11.5 Å². The predicted octanol–water partition coefficient (Wildman–Crippen LogP) is 1.03. The third-order valence-corrected chi connectivity index (χ3v) is 4.86. The van der Waals surface area contributed by atoms with Crippen molar-refractivity contribution in [3.63, 3.8) is 0 Å². The first-order valence-corrected chi connectivity index (χ1v) is 8.69. The predicted molar refractivity (Wildman–Crippen MR) is 89.4 cm³/mol. The molecule has 2 heterocycles. The van der Waals surface area contributed by atoms with Crippen LogP contribution in [-0.2, 0) is 16.3 Å². The molecular weight excluding hydrogens is 316 g/mol. The molecule has 2 atom stereocenters. The maximum Gasteiger partial charge on any atom is 0.222 e. The number of nitrogens with one attached hydrogen (secondary N) is 1. The first-order chi connectivity index (χ1) is 11.0. The average molecular weight is 336 g/mol. The maximum atomic E-state index is 11.5. The number of nitrogens with zero attached hydrogens (tertiary/aromatic N) is 2. The summed E-state index contributed by atoms with van der Waals surface area (Å²) < 4.78 is 24.0. The van der Waals surface area contributed by atoms with Gasteiger partial charge in [-0.1, -0.05) is 6.07 Å². The molecule has 3 rings (SSSR count). The number of carbonyl (C=O) groups excluding carboxylic acids is 1. The van der Waals surface area contributed by atoms with E-state index in [0.29, 0.717) is 29.5 Å². The Morgan fingerprint density at radius 1 is 1.61 bits per heavy atom. The van der Waals surface area contributed by atoms with Gasteiger partial charge in [0, 0.05) is 25.9 Å². The largest absolute Gasteiger partial charge is 0.566 e. The second-order valence-electron chi connectivity index (χ2n) is 5.79. The van der Waals surface area contributed by atoms with Gasteiger partial charge < -0.3 is 19.9 Å². The molecule has 2 unspecified atom stereocenters. The van der Waals surface area contributed by atoms with Crippen LogP contribution in [0.1, 0.15) is 25.3 Å². The molecule has 23 heavy (non-hydrogen) atoms. The van der Waals surface area contributed by atoms with Gasteiger partial charge in [-0.2, -0.15) is 4.72 Å². The summed E-state index contributed by atoms with van der Waals surface area (Å²) in [6.07, 6.45) is 2.02. The number of rotatable bonds is 3. The lowest BCUT2D eigenvalue weighted by molar-refractivity contribution is -0.130. The van der Waals surface area contributed by atoms with Crippen LogP contribution in [0.5, 0.6) is 5.75 Å². The van der Waals surface area contributed by atoms with E-state index in [1.54, 1.807) is 13.0 Å². The number of benzene rings is 1. The summed E-state index contributed by atoms with van der Waals surface area (Å²) >= 11 is -1.54. The van der Waals surface area contributed by atoms with E-state index in [2.05, 4.69) is 9.12 Å². The van der Waals surface area contributed by atoms with Crippen LogP contribution < -0.4 is 15.2 Å². The fraction of sp³-hybridized carbons (Fsp3) is 0.467. The molecular formula is C15H20N4O3S. The Morgan fingerprint density at radius 3 is 3.22 bits per heavy atom. The number of piperidine rings is 1. The van der Waals surface area contributed by atoms with Crippen LogP contribution in [-0.4, -0.2) is 40.9 Å². The standard InChI is InChI=1S/C15H20N4O3S/c1-10(20)19-7-3-4-11(8-19)9-22-13-6-2-5-12-14(13)15(16)18-23(21)17-12/h2,5-6,11,17H,3-4,7-9H2,1H3,(H2,16,18). The van der Waals surface area contributed by atoms with Gasteiger partial charge in [0.2, 0.25) is 17.5 Å². The van der Waals surface area contributed by atoms with Crippen molar-refractivity contribution < 1.29 is 14.1 Å². The summed E-state index contributed by atoms with van der Waals surface area (Å²) in [6, 6.07) is 5.43. The van der Waals surface area contributed by atoms with Crippen LogP contribution in [0.2, 0.25) is 0 Å². The molecule has 0 aliphatic carbocycles. The van der Waals surface area contributed by atoms with Crippen molar-refractivity contribution in [2.45, 2.75) is 19.8 Å². The third kappa shape index (κ3) is 3.53. The molecule has 1 aromatic carbocycles. The number of hydrogen-bond acceptors (Lipinski definition) is 6. The van der Waals surface area contributed by atoms with E-state index >= 15 is 0 Å². The van der Waals surface area contributed by atoms with Crippen LogP contribution in [0.3, 0.4) is 0 Å². The molecule has 124 valence electrons. The highest BCUT2D eigenvalue weighted by Crippen LogP contribution is 2.31. The highest BCUT2D eigenvalue weighted by atomic mass is 32.2. The molecule has 1 amide bonds. The lowest BCUT2D eigenvalue weighted by Crippen LogP contribution is -2.40. The van der Waals surface area contributed by atoms with Gasteiger partial charge in [0.05, 0.1) is 17.9 Å². The summed E-state index contributed by atoms with van der Waals surface area (Å²) in [5.74, 6) is 1.23. The van der Waals surface area contributed by atoms with Crippen LogP contribution in [0.15, 0.2) is 22.6 Å². The molecule has 0 radical (unpaired) electrons. The van der Waals surface area contributed by atoms with Crippen LogP contribution in [0.25, 0.3) is 0 Å². The Balaban J connectivity index is 1.69. The molecule has 0 saturated carbocycles. The monoisotopic (exact) mass is 336 g/mol. The number of anilines is 1. The fourth-order valence-electron chi connectivity index (χ4n) is 2.95. The number of hydrogen-bond donors (Lipinski definition) is 2. The smallest absolute Gasteiger partial charge is 0.222 e. The van der Waals surface area contributed by atoms with Crippen molar-refractivity contribution >= 4 is 29.0 Å². The first kappa shape index (κ1) is 15.9. The molecule has 2 aliphatic heterocycles. The minimum Gasteiger partial charge on any atom is -0.566 e. The maximum absolute atomic E-state index is 11.5. The van der Waals surface area contributed by atoms with Gasteiger partial charge in [-0.15, -0.1) is 0 Å². The summed E-state index contributed by atoms with van der Waals surface area (Å²) in [5, 5.41) is 0.